The van der Waals surface area contributed by atoms with E-state index in [1.165, 1.54) is 19.1 Å². The highest BCUT2D eigenvalue weighted by atomic mass is 16.5. The first-order chi connectivity index (χ1) is 18.2. The van der Waals surface area contributed by atoms with Crippen molar-refractivity contribution in [3.05, 3.63) is 88.0 Å². The van der Waals surface area contributed by atoms with Crippen LogP contribution in [0.4, 0.5) is 0 Å². The van der Waals surface area contributed by atoms with Gasteiger partial charge in [-0.3, -0.25) is 9.59 Å². The Kier molecular flexibility index (Phi) is 7.62. The van der Waals surface area contributed by atoms with E-state index in [-0.39, 0.29) is 17.9 Å². The van der Waals surface area contributed by atoms with Gasteiger partial charge in [0, 0.05) is 6.54 Å². The molecule has 0 aromatic heterocycles. The van der Waals surface area contributed by atoms with Crippen LogP contribution in [-0.2, 0) is 16.1 Å². The summed E-state index contributed by atoms with van der Waals surface area (Å²) in [5.41, 5.74) is 3.40. The minimum absolute atomic E-state index is 0.0102. The predicted molar refractivity (Wildman–Crippen MR) is 143 cm³/mol. The molecule has 1 heterocycles. The summed E-state index contributed by atoms with van der Waals surface area (Å²) in [4.78, 5) is 28.4. The number of ketones is 1. The van der Waals surface area contributed by atoms with Gasteiger partial charge in [0.25, 0.3) is 11.7 Å². The largest absolute Gasteiger partial charge is 0.507 e. The van der Waals surface area contributed by atoms with Crippen LogP contribution in [0.1, 0.15) is 33.9 Å². The molecule has 1 amide bonds. The van der Waals surface area contributed by atoms with Crippen LogP contribution in [0.2, 0.25) is 0 Å². The van der Waals surface area contributed by atoms with Gasteiger partial charge >= 0.3 is 0 Å². The lowest BCUT2D eigenvalue weighted by Gasteiger charge is -2.26. The van der Waals surface area contributed by atoms with Crippen LogP contribution in [0.15, 0.2) is 60.2 Å². The molecule has 0 radical (unpaired) electrons. The average Bonchev–Trinajstić information content (AvgIpc) is 3.17. The maximum Gasteiger partial charge on any atom is 0.295 e. The topological polar surface area (TPSA) is 94.5 Å². The Morgan fingerprint density at radius 2 is 1.53 bits per heavy atom. The Morgan fingerprint density at radius 1 is 0.842 bits per heavy atom. The van der Waals surface area contributed by atoms with Crippen molar-refractivity contribution in [2.75, 3.05) is 28.4 Å². The number of carbonyl (C=O) groups excluding carboxylic acids is 2. The quantitative estimate of drug-likeness (QED) is 0.256. The number of aryl methyl sites for hydroxylation is 2. The second kappa shape index (κ2) is 10.9. The van der Waals surface area contributed by atoms with E-state index in [4.69, 9.17) is 18.9 Å². The van der Waals surface area contributed by atoms with Gasteiger partial charge in [-0.2, -0.15) is 0 Å². The Balaban J connectivity index is 1.90. The lowest BCUT2D eigenvalue weighted by Crippen LogP contribution is -2.29. The molecular weight excluding hydrogens is 486 g/mol. The summed E-state index contributed by atoms with van der Waals surface area (Å²) in [6, 6.07) is 15.2. The van der Waals surface area contributed by atoms with Crippen molar-refractivity contribution in [2.45, 2.75) is 26.4 Å². The molecule has 3 aromatic carbocycles. The van der Waals surface area contributed by atoms with Gasteiger partial charge in [-0.25, -0.2) is 0 Å². The van der Waals surface area contributed by atoms with Crippen molar-refractivity contribution < 1.29 is 33.6 Å². The van der Waals surface area contributed by atoms with E-state index in [1.807, 2.05) is 19.9 Å². The third-order valence-corrected chi connectivity index (χ3v) is 6.65. The molecule has 0 bridgehead atoms. The molecule has 1 fully saturated rings. The summed E-state index contributed by atoms with van der Waals surface area (Å²) >= 11 is 0. The first-order valence-electron chi connectivity index (χ1n) is 12.0. The second-order valence-electron chi connectivity index (χ2n) is 9.05. The number of rotatable bonds is 8. The maximum absolute atomic E-state index is 13.5. The van der Waals surface area contributed by atoms with E-state index in [0.717, 1.165) is 16.7 Å². The summed E-state index contributed by atoms with van der Waals surface area (Å²) in [6.07, 6.45) is 0. The highest BCUT2D eigenvalue weighted by Gasteiger charge is 2.46. The van der Waals surface area contributed by atoms with Gasteiger partial charge < -0.3 is 29.0 Å². The van der Waals surface area contributed by atoms with Crippen molar-refractivity contribution in [1.82, 2.24) is 4.90 Å². The minimum Gasteiger partial charge on any atom is -0.507 e. The number of carbonyl (C=O) groups is 2. The fourth-order valence-electron chi connectivity index (χ4n) is 4.90. The highest BCUT2D eigenvalue weighted by molar-refractivity contribution is 6.46. The number of likely N-dealkylation sites (tertiary alicyclic amines) is 1. The molecule has 8 heteroatoms. The number of hydrogen-bond acceptors (Lipinski definition) is 7. The van der Waals surface area contributed by atoms with Crippen LogP contribution in [0, 0.1) is 13.8 Å². The molecule has 1 atom stereocenters. The fraction of sp³-hybridized carbons (Fsp3) is 0.267. The van der Waals surface area contributed by atoms with Crippen LogP contribution in [-0.4, -0.2) is 50.1 Å². The van der Waals surface area contributed by atoms with Gasteiger partial charge in [-0.15, -0.1) is 0 Å². The van der Waals surface area contributed by atoms with Crippen LogP contribution in [0.25, 0.3) is 5.76 Å². The molecule has 1 saturated heterocycles. The van der Waals surface area contributed by atoms with Crippen LogP contribution < -0.4 is 18.9 Å². The van der Waals surface area contributed by atoms with Crippen LogP contribution in [0.5, 0.6) is 23.0 Å². The zero-order valence-electron chi connectivity index (χ0n) is 22.3. The Bertz CT molecular complexity index is 1410. The smallest absolute Gasteiger partial charge is 0.295 e. The SMILES string of the molecule is COc1ccc(C2/C(=C(\O)c3cc(C)cc(C)c3OC)C(=O)C(=O)N2Cc2ccc(OC)c(OC)c2)cc1. The summed E-state index contributed by atoms with van der Waals surface area (Å²) in [7, 11) is 6.14. The standard InChI is InChI=1S/C30H31NO7/c1-17-13-18(2)29(38-6)22(14-17)27(32)25-26(20-8-10-21(35-3)11-9-20)31(30(34)28(25)33)16-19-7-12-23(36-4)24(15-19)37-5/h7-15,26,32H,16H2,1-6H3/b27-25+. The van der Waals surface area contributed by atoms with E-state index in [9.17, 15) is 14.7 Å². The van der Waals surface area contributed by atoms with Crippen molar-refractivity contribution in [3.8, 4) is 23.0 Å². The van der Waals surface area contributed by atoms with Gasteiger partial charge in [0.2, 0.25) is 0 Å². The lowest BCUT2D eigenvalue weighted by atomic mass is 9.93. The Morgan fingerprint density at radius 3 is 2.13 bits per heavy atom. The van der Waals surface area contributed by atoms with E-state index in [1.54, 1.807) is 62.8 Å². The molecule has 4 rings (SSSR count). The first-order valence-corrected chi connectivity index (χ1v) is 12.0. The van der Waals surface area contributed by atoms with Crippen molar-refractivity contribution in [2.24, 2.45) is 0 Å². The minimum atomic E-state index is -0.848. The predicted octanol–water partition coefficient (Wildman–Crippen LogP) is 4.96. The average molecular weight is 518 g/mol. The Hall–Kier alpha value is -4.46. The molecule has 0 spiro atoms. The van der Waals surface area contributed by atoms with Crippen molar-refractivity contribution in [1.29, 1.82) is 0 Å². The highest BCUT2D eigenvalue weighted by Crippen LogP contribution is 2.43. The molecule has 38 heavy (non-hydrogen) atoms. The number of aliphatic hydroxyl groups excluding tert-OH is 1. The molecule has 0 saturated carbocycles. The summed E-state index contributed by atoms with van der Waals surface area (Å²) in [6.45, 7) is 3.85. The third-order valence-electron chi connectivity index (χ3n) is 6.65. The van der Waals surface area contributed by atoms with Gasteiger partial charge in [-0.05, 0) is 66.4 Å². The molecule has 3 aromatic rings. The lowest BCUT2D eigenvalue weighted by molar-refractivity contribution is -0.140. The molecule has 198 valence electrons. The number of Topliss-reactive ketones (excluding diaryl/α,β-unsaturated/α-hetero) is 1. The molecule has 1 aliphatic heterocycles. The summed E-state index contributed by atoms with van der Waals surface area (Å²) in [5, 5.41) is 11.6. The van der Waals surface area contributed by atoms with Gasteiger partial charge in [0.1, 0.15) is 17.3 Å². The number of methoxy groups -OCH3 is 4. The fourth-order valence-corrected chi connectivity index (χ4v) is 4.90. The van der Waals surface area contributed by atoms with Gasteiger partial charge in [-0.1, -0.05) is 24.3 Å². The third kappa shape index (κ3) is 4.77. The van der Waals surface area contributed by atoms with Crippen LogP contribution >= 0.6 is 0 Å². The summed E-state index contributed by atoms with van der Waals surface area (Å²) < 4.78 is 21.6. The molecule has 1 aliphatic rings. The zero-order chi connectivity index (χ0) is 27.6. The van der Waals surface area contributed by atoms with E-state index < -0.39 is 17.7 Å². The van der Waals surface area contributed by atoms with E-state index in [0.29, 0.717) is 34.1 Å². The normalized spacial score (nSPS) is 16.5. The summed E-state index contributed by atoms with van der Waals surface area (Å²) in [5.74, 6) is 0.335. The number of hydrogen-bond donors (Lipinski definition) is 1. The van der Waals surface area contributed by atoms with Crippen molar-refractivity contribution in [3.63, 3.8) is 0 Å². The van der Waals surface area contributed by atoms with Crippen LogP contribution in [0.3, 0.4) is 0 Å². The molecular formula is C30H31NO7. The number of ether oxygens (including phenoxy) is 4. The molecule has 1 N–H and O–H groups in total. The second-order valence-corrected chi connectivity index (χ2v) is 9.05. The molecule has 0 aliphatic carbocycles. The maximum atomic E-state index is 13.5. The number of aliphatic hydroxyl groups is 1. The number of benzene rings is 3. The Labute approximate surface area is 222 Å². The number of nitrogens with zero attached hydrogens (tertiary/aromatic N) is 1. The monoisotopic (exact) mass is 517 g/mol. The van der Waals surface area contributed by atoms with E-state index >= 15 is 0 Å². The van der Waals surface area contributed by atoms with E-state index in [2.05, 4.69) is 0 Å². The van der Waals surface area contributed by atoms with Crippen molar-refractivity contribution >= 4 is 17.4 Å². The zero-order valence-corrected chi connectivity index (χ0v) is 22.3. The van der Waals surface area contributed by atoms with Gasteiger partial charge in [0.15, 0.2) is 11.5 Å². The number of amides is 1. The van der Waals surface area contributed by atoms with Gasteiger partial charge in [0.05, 0.1) is 45.6 Å². The molecule has 1 unspecified atom stereocenters. The molecule has 8 nitrogen and oxygen atoms in total. The first kappa shape index (κ1) is 26.6.